The summed E-state index contributed by atoms with van der Waals surface area (Å²) in [6.45, 7) is -0.467. The van der Waals surface area contributed by atoms with Gasteiger partial charge in [0.15, 0.2) is 0 Å². The lowest BCUT2D eigenvalue weighted by Gasteiger charge is -2.17. The minimum atomic E-state index is -4.86. The van der Waals surface area contributed by atoms with Gasteiger partial charge in [-0.15, -0.1) is 0 Å². The zero-order chi connectivity index (χ0) is 16.3. The van der Waals surface area contributed by atoms with Crippen molar-refractivity contribution in [2.75, 3.05) is 6.61 Å². The van der Waals surface area contributed by atoms with E-state index in [1.165, 1.54) is 11.3 Å². The van der Waals surface area contributed by atoms with Gasteiger partial charge in [-0.05, 0) is 40.6 Å². The molecule has 0 saturated carbocycles. The van der Waals surface area contributed by atoms with Gasteiger partial charge in [-0.3, -0.25) is 4.79 Å². The smallest absolute Gasteiger partial charge is 0.394 e. The molecule has 2 N–H and O–H groups in total. The van der Waals surface area contributed by atoms with Crippen molar-refractivity contribution < 1.29 is 27.5 Å². The van der Waals surface area contributed by atoms with E-state index in [4.69, 9.17) is 0 Å². The van der Waals surface area contributed by atoms with Crippen LogP contribution in [0.1, 0.15) is 27.5 Å². The second kappa shape index (κ2) is 6.45. The van der Waals surface area contributed by atoms with Crippen molar-refractivity contribution in [1.82, 2.24) is 5.32 Å². The Morgan fingerprint density at radius 1 is 1.32 bits per heavy atom. The highest BCUT2D eigenvalue weighted by atomic mass is 32.1. The lowest BCUT2D eigenvalue weighted by Crippen LogP contribution is -2.32. The van der Waals surface area contributed by atoms with Gasteiger partial charge >= 0.3 is 6.18 Å². The van der Waals surface area contributed by atoms with Crippen LogP contribution in [0.25, 0.3) is 0 Å². The van der Waals surface area contributed by atoms with Crippen molar-refractivity contribution in [2.24, 2.45) is 0 Å². The molecule has 1 unspecified atom stereocenters. The summed E-state index contributed by atoms with van der Waals surface area (Å²) < 4.78 is 51.7. The van der Waals surface area contributed by atoms with Crippen molar-refractivity contribution >= 4 is 17.2 Å². The highest BCUT2D eigenvalue weighted by molar-refractivity contribution is 7.07. The van der Waals surface area contributed by atoms with Crippen LogP contribution in [-0.4, -0.2) is 17.6 Å². The highest BCUT2D eigenvalue weighted by Gasteiger charge is 2.36. The second-order valence-electron chi connectivity index (χ2n) is 4.45. The van der Waals surface area contributed by atoms with E-state index < -0.39 is 41.7 Å². The molecule has 1 atom stereocenters. The Bertz CT molecular complexity index is 655. The summed E-state index contributed by atoms with van der Waals surface area (Å²) in [4.78, 5) is 12.0. The van der Waals surface area contributed by atoms with Crippen LogP contribution in [0.4, 0.5) is 17.6 Å². The minimum Gasteiger partial charge on any atom is -0.394 e. The number of hydrogen-bond acceptors (Lipinski definition) is 3. The summed E-state index contributed by atoms with van der Waals surface area (Å²) >= 11 is 1.32. The number of halogens is 4. The first kappa shape index (κ1) is 16.4. The average molecular weight is 333 g/mol. The maximum absolute atomic E-state index is 13.0. The Balaban J connectivity index is 2.30. The monoisotopic (exact) mass is 333 g/mol. The molecule has 0 bridgehead atoms. The molecule has 2 rings (SSSR count). The number of aliphatic hydroxyl groups is 1. The molecule has 0 saturated heterocycles. The average Bonchev–Trinajstić information content (AvgIpc) is 2.97. The van der Waals surface area contributed by atoms with Crippen molar-refractivity contribution in [1.29, 1.82) is 0 Å². The first-order chi connectivity index (χ1) is 10.3. The number of benzene rings is 1. The summed E-state index contributed by atoms with van der Waals surface area (Å²) in [6.07, 6.45) is -4.86. The number of alkyl halides is 3. The van der Waals surface area contributed by atoms with Crippen LogP contribution in [0, 0.1) is 5.82 Å². The van der Waals surface area contributed by atoms with Crippen molar-refractivity contribution in [3.8, 4) is 0 Å². The molecule has 1 heterocycles. The summed E-state index contributed by atoms with van der Waals surface area (Å²) in [5.41, 5.74) is -1.47. The summed E-state index contributed by atoms with van der Waals surface area (Å²) in [5.74, 6) is -2.11. The van der Waals surface area contributed by atoms with Crippen molar-refractivity contribution in [3.63, 3.8) is 0 Å². The molecule has 0 aliphatic heterocycles. The van der Waals surface area contributed by atoms with Crippen molar-refractivity contribution in [2.45, 2.75) is 12.2 Å². The SMILES string of the molecule is O=C(NC(CO)c1ccsc1)c1ccc(F)cc1C(F)(F)F. The molecule has 1 aromatic carbocycles. The topological polar surface area (TPSA) is 49.3 Å². The normalized spacial score (nSPS) is 13.0. The van der Waals surface area contributed by atoms with Crippen LogP contribution in [0.3, 0.4) is 0 Å². The van der Waals surface area contributed by atoms with Gasteiger partial charge in [0.1, 0.15) is 5.82 Å². The molecular formula is C14H11F4NO2S. The van der Waals surface area contributed by atoms with Gasteiger partial charge in [-0.1, -0.05) is 0 Å². The molecule has 3 nitrogen and oxygen atoms in total. The van der Waals surface area contributed by atoms with E-state index in [9.17, 15) is 27.5 Å². The van der Waals surface area contributed by atoms with Crippen LogP contribution >= 0.6 is 11.3 Å². The van der Waals surface area contributed by atoms with E-state index in [1.54, 1.807) is 16.8 Å². The Labute approximate surface area is 127 Å². The van der Waals surface area contributed by atoms with Crippen LogP contribution in [0.5, 0.6) is 0 Å². The fraction of sp³-hybridized carbons (Fsp3) is 0.214. The van der Waals surface area contributed by atoms with Crippen LogP contribution in [0.2, 0.25) is 0 Å². The van der Waals surface area contributed by atoms with E-state index in [-0.39, 0.29) is 6.07 Å². The molecule has 0 aliphatic rings. The zero-order valence-electron chi connectivity index (χ0n) is 11.0. The number of rotatable bonds is 4. The quantitative estimate of drug-likeness (QED) is 0.843. The third-order valence-electron chi connectivity index (χ3n) is 2.97. The third-order valence-corrected chi connectivity index (χ3v) is 3.67. The molecule has 118 valence electrons. The minimum absolute atomic E-state index is 0.271. The van der Waals surface area contributed by atoms with E-state index in [0.717, 1.165) is 12.1 Å². The molecular weight excluding hydrogens is 322 g/mol. The Kier molecular flexibility index (Phi) is 4.82. The Morgan fingerprint density at radius 2 is 2.05 bits per heavy atom. The van der Waals surface area contributed by atoms with Gasteiger partial charge < -0.3 is 10.4 Å². The van der Waals surface area contributed by atoms with E-state index in [2.05, 4.69) is 5.32 Å². The molecule has 0 aliphatic carbocycles. The fourth-order valence-electron chi connectivity index (χ4n) is 1.89. The lowest BCUT2D eigenvalue weighted by molar-refractivity contribution is -0.138. The lowest BCUT2D eigenvalue weighted by atomic mass is 10.0. The summed E-state index contributed by atoms with van der Waals surface area (Å²) in [6, 6.07) is 2.64. The first-order valence-corrected chi connectivity index (χ1v) is 7.07. The molecule has 2 aromatic rings. The van der Waals surface area contributed by atoms with Gasteiger partial charge in [0.25, 0.3) is 5.91 Å². The van der Waals surface area contributed by atoms with Gasteiger partial charge in [0, 0.05) is 0 Å². The van der Waals surface area contributed by atoms with Crippen molar-refractivity contribution in [3.05, 3.63) is 57.5 Å². The predicted molar refractivity (Wildman–Crippen MR) is 73.0 cm³/mol. The number of thiophene rings is 1. The maximum Gasteiger partial charge on any atom is 0.417 e. The Morgan fingerprint density at radius 3 is 2.59 bits per heavy atom. The van der Waals surface area contributed by atoms with Crippen LogP contribution in [-0.2, 0) is 6.18 Å². The fourth-order valence-corrected chi connectivity index (χ4v) is 2.61. The number of carbonyl (C=O) groups excluding carboxylic acids is 1. The van der Waals surface area contributed by atoms with E-state index >= 15 is 0 Å². The van der Waals surface area contributed by atoms with Crippen LogP contribution in [0.15, 0.2) is 35.0 Å². The molecule has 0 spiro atoms. The first-order valence-electron chi connectivity index (χ1n) is 6.13. The third kappa shape index (κ3) is 3.63. The number of aliphatic hydroxyl groups excluding tert-OH is 1. The predicted octanol–water partition coefficient (Wildman–Crippen LogP) is 3.37. The molecule has 22 heavy (non-hydrogen) atoms. The second-order valence-corrected chi connectivity index (χ2v) is 5.23. The highest BCUT2D eigenvalue weighted by Crippen LogP contribution is 2.32. The van der Waals surface area contributed by atoms with Gasteiger partial charge in [-0.25, -0.2) is 4.39 Å². The number of amides is 1. The number of carbonyl (C=O) groups is 1. The number of nitrogens with one attached hydrogen (secondary N) is 1. The van der Waals surface area contributed by atoms with Crippen LogP contribution < -0.4 is 5.32 Å². The summed E-state index contributed by atoms with van der Waals surface area (Å²) in [5, 5.41) is 15.0. The standard InChI is InChI=1S/C14H11F4NO2S/c15-9-1-2-10(11(5-9)14(16,17)18)13(21)19-12(6-20)8-3-4-22-7-8/h1-5,7,12,20H,6H2,(H,19,21). The van der Waals surface area contributed by atoms with E-state index in [1.807, 2.05) is 0 Å². The van der Waals surface area contributed by atoms with Gasteiger partial charge in [0.2, 0.25) is 0 Å². The largest absolute Gasteiger partial charge is 0.417 e. The zero-order valence-corrected chi connectivity index (χ0v) is 11.8. The molecule has 1 aromatic heterocycles. The molecule has 0 fully saturated rings. The van der Waals surface area contributed by atoms with Gasteiger partial charge in [-0.2, -0.15) is 24.5 Å². The summed E-state index contributed by atoms with van der Waals surface area (Å²) in [7, 11) is 0. The Hall–Kier alpha value is -1.93. The van der Waals surface area contributed by atoms with E-state index in [0.29, 0.717) is 5.56 Å². The molecule has 1 amide bonds. The maximum atomic E-state index is 13.0. The molecule has 8 heteroatoms. The van der Waals surface area contributed by atoms with Gasteiger partial charge in [0.05, 0.1) is 23.8 Å². The molecule has 0 radical (unpaired) electrons. The number of hydrogen-bond donors (Lipinski definition) is 2.